The second kappa shape index (κ2) is 7.22. The lowest BCUT2D eigenvalue weighted by Gasteiger charge is -2.32. The molecular formula is C12H17N2O4S-. The van der Waals surface area contributed by atoms with E-state index in [0.717, 1.165) is 9.87 Å². The number of ether oxygens (including phenoxy) is 1. The minimum Gasteiger partial charge on any atom is -0.755 e. The van der Waals surface area contributed by atoms with Crippen molar-refractivity contribution >= 4 is 22.9 Å². The van der Waals surface area contributed by atoms with Crippen molar-refractivity contribution in [3.8, 4) is 0 Å². The van der Waals surface area contributed by atoms with Gasteiger partial charge in [-0.2, -0.15) is 0 Å². The Hall–Kier alpha value is -1.44. The van der Waals surface area contributed by atoms with Gasteiger partial charge < -0.3 is 15.0 Å². The van der Waals surface area contributed by atoms with Gasteiger partial charge in [-0.15, -0.1) is 0 Å². The molecule has 0 heterocycles. The number of hydrogen-bond acceptors (Lipinski definition) is 5. The molecule has 1 aromatic carbocycles. The van der Waals surface area contributed by atoms with Crippen LogP contribution in [0.2, 0.25) is 0 Å². The van der Waals surface area contributed by atoms with Crippen LogP contribution in [0.5, 0.6) is 0 Å². The SMILES string of the molecule is CCOC(=O)C(CN)N(c1ccc(C)cc1)S(=O)[O-]. The van der Waals surface area contributed by atoms with E-state index in [9.17, 15) is 13.6 Å². The van der Waals surface area contributed by atoms with Crippen LogP contribution in [0.25, 0.3) is 0 Å². The Morgan fingerprint density at radius 3 is 2.47 bits per heavy atom. The zero-order chi connectivity index (χ0) is 14.4. The lowest BCUT2D eigenvalue weighted by molar-refractivity contribution is -0.144. The molecule has 1 rings (SSSR count). The molecule has 0 amide bonds. The third-order valence-corrected chi connectivity index (χ3v) is 3.30. The zero-order valence-corrected chi connectivity index (χ0v) is 11.7. The van der Waals surface area contributed by atoms with Gasteiger partial charge in [0.25, 0.3) is 0 Å². The van der Waals surface area contributed by atoms with Gasteiger partial charge >= 0.3 is 5.97 Å². The number of carbonyl (C=O) groups is 1. The Balaban J connectivity index is 3.08. The summed E-state index contributed by atoms with van der Waals surface area (Å²) in [6.07, 6.45) is 0. The van der Waals surface area contributed by atoms with E-state index in [1.807, 2.05) is 6.92 Å². The Labute approximate surface area is 115 Å². The monoisotopic (exact) mass is 285 g/mol. The molecule has 2 N–H and O–H groups in total. The van der Waals surface area contributed by atoms with Crippen molar-refractivity contribution in [3.63, 3.8) is 0 Å². The first-order chi connectivity index (χ1) is 9.01. The van der Waals surface area contributed by atoms with Crippen molar-refractivity contribution in [2.24, 2.45) is 5.73 Å². The number of esters is 1. The maximum atomic E-state index is 11.7. The van der Waals surface area contributed by atoms with Gasteiger partial charge in [-0.3, -0.25) is 8.51 Å². The maximum Gasteiger partial charge on any atom is 0.331 e. The largest absolute Gasteiger partial charge is 0.755 e. The van der Waals surface area contributed by atoms with Crippen LogP contribution in [-0.2, 0) is 20.8 Å². The summed E-state index contributed by atoms with van der Waals surface area (Å²) in [5.41, 5.74) is 6.86. The summed E-state index contributed by atoms with van der Waals surface area (Å²) in [5, 5.41) is 0. The molecule has 0 bridgehead atoms. The molecule has 0 aliphatic carbocycles. The second-order valence-corrected chi connectivity index (χ2v) is 4.71. The van der Waals surface area contributed by atoms with Gasteiger partial charge in [0.1, 0.15) is 0 Å². The second-order valence-electron chi connectivity index (χ2n) is 3.88. The molecule has 0 aliphatic rings. The highest BCUT2D eigenvalue weighted by molar-refractivity contribution is 7.80. The van der Waals surface area contributed by atoms with E-state index in [-0.39, 0.29) is 13.2 Å². The number of aryl methyl sites for hydroxylation is 1. The van der Waals surface area contributed by atoms with E-state index in [2.05, 4.69) is 0 Å². The minimum absolute atomic E-state index is 0.152. The van der Waals surface area contributed by atoms with Crippen LogP contribution in [0.4, 0.5) is 5.69 Å². The predicted molar refractivity (Wildman–Crippen MR) is 72.1 cm³/mol. The molecule has 2 atom stereocenters. The van der Waals surface area contributed by atoms with Crippen LogP contribution in [-0.4, -0.2) is 33.9 Å². The number of benzene rings is 1. The van der Waals surface area contributed by atoms with Crippen molar-refractivity contribution in [2.75, 3.05) is 17.5 Å². The third kappa shape index (κ3) is 4.02. The summed E-state index contributed by atoms with van der Waals surface area (Å²) < 4.78 is 28.5. The maximum absolute atomic E-state index is 11.7. The first-order valence-electron chi connectivity index (χ1n) is 5.83. The molecule has 0 aliphatic heterocycles. The standard InChI is InChI=1S/C12H18N2O4S/c1-3-18-12(15)11(8-13)14(19(16)17)10-6-4-9(2)5-7-10/h4-7,11H,3,8,13H2,1-2H3,(H,16,17)/p-1. The van der Waals surface area contributed by atoms with E-state index in [0.29, 0.717) is 5.69 Å². The van der Waals surface area contributed by atoms with Gasteiger partial charge in [0.05, 0.1) is 6.61 Å². The van der Waals surface area contributed by atoms with Gasteiger partial charge in [0.15, 0.2) is 6.04 Å². The first-order valence-corrected chi connectivity index (χ1v) is 6.86. The van der Waals surface area contributed by atoms with Crippen LogP contribution < -0.4 is 10.0 Å². The molecule has 19 heavy (non-hydrogen) atoms. The minimum atomic E-state index is -2.61. The smallest absolute Gasteiger partial charge is 0.331 e. The van der Waals surface area contributed by atoms with Gasteiger partial charge in [0, 0.05) is 23.5 Å². The molecule has 6 nitrogen and oxygen atoms in total. The Kier molecular flexibility index (Phi) is 5.94. The van der Waals surface area contributed by atoms with Crippen LogP contribution >= 0.6 is 0 Å². The lowest BCUT2D eigenvalue weighted by atomic mass is 10.2. The quantitative estimate of drug-likeness (QED) is 0.606. The van der Waals surface area contributed by atoms with E-state index < -0.39 is 23.3 Å². The zero-order valence-electron chi connectivity index (χ0n) is 10.9. The molecule has 7 heteroatoms. The number of carbonyl (C=O) groups excluding carboxylic acids is 1. The Morgan fingerprint density at radius 1 is 1.47 bits per heavy atom. The highest BCUT2D eigenvalue weighted by atomic mass is 32.2. The highest BCUT2D eigenvalue weighted by Gasteiger charge is 2.27. The van der Waals surface area contributed by atoms with Crippen molar-refractivity contribution in [3.05, 3.63) is 29.8 Å². The lowest BCUT2D eigenvalue weighted by Crippen LogP contribution is -2.48. The average molecular weight is 285 g/mol. The van der Waals surface area contributed by atoms with E-state index in [1.54, 1.807) is 31.2 Å². The summed E-state index contributed by atoms with van der Waals surface area (Å²) in [6, 6.07) is 5.70. The van der Waals surface area contributed by atoms with Crippen molar-refractivity contribution in [1.82, 2.24) is 0 Å². The number of nitrogens with zero attached hydrogens (tertiary/aromatic N) is 1. The van der Waals surface area contributed by atoms with Crippen LogP contribution in [0, 0.1) is 6.92 Å². The van der Waals surface area contributed by atoms with Gasteiger partial charge in [-0.1, -0.05) is 17.7 Å². The van der Waals surface area contributed by atoms with Crippen molar-refractivity contribution in [2.45, 2.75) is 19.9 Å². The summed E-state index contributed by atoms with van der Waals surface area (Å²) >= 11 is -2.61. The topological polar surface area (TPSA) is 95.7 Å². The fourth-order valence-electron chi connectivity index (χ4n) is 1.59. The molecule has 0 saturated heterocycles. The Bertz CT molecular complexity index is 450. The Morgan fingerprint density at radius 2 is 2.05 bits per heavy atom. The molecule has 0 radical (unpaired) electrons. The first kappa shape index (κ1) is 15.6. The van der Waals surface area contributed by atoms with E-state index in [1.165, 1.54) is 0 Å². The van der Waals surface area contributed by atoms with Gasteiger partial charge in [-0.25, -0.2) is 4.79 Å². The molecule has 1 aromatic rings. The van der Waals surface area contributed by atoms with Crippen molar-refractivity contribution < 1.29 is 18.3 Å². The molecular weight excluding hydrogens is 268 g/mol. The summed E-state index contributed by atoms with van der Waals surface area (Å²) in [4.78, 5) is 11.7. The summed E-state index contributed by atoms with van der Waals surface area (Å²) in [6.45, 7) is 3.55. The van der Waals surface area contributed by atoms with Gasteiger partial charge in [0.2, 0.25) is 0 Å². The van der Waals surface area contributed by atoms with Crippen LogP contribution in [0.15, 0.2) is 24.3 Å². The normalized spacial score (nSPS) is 13.7. The third-order valence-electron chi connectivity index (χ3n) is 2.51. The van der Waals surface area contributed by atoms with Crippen LogP contribution in [0.3, 0.4) is 0 Å². The molecule has 0 spiro atoms. The number of hydrogen-bond donors (Lipinski definition) is 1. The fraction of sp³-hybridized carbons (Fsp3) is 0.417. The molecule has 0 saturated carbocycles. The predicted octanol–water partition coefficient (Wildman–Crippen LogP) is 0.486. The molecule has 0 aromatic heterocycles. The average Bonchev–Trinajstić information content (AvgIpc) is 2.37. The number of rotatable bonds is 6. The van der Waals surface area contributed by atoms with E-state index in [4.69, 9.17) is 10.5 Å². The molecule has 106 valence electrons. The molecule has 2 unspecified atom stereocenters. The summed E-state index contributed by atoms with van der Waals surface area (Å²) in [5.74, 6) is -0.658. The highest BCUT2D eigenvalue weighted by Crippen LogP contribution is 2.19. The van der Waals surface area contributed by atoms with E-state index >= 15 is 0 Å². The fourth-order valence-corrected chi connectivity index (χ4v) is 2.26. The van der Waals surface area contributed by atoms with Crippen molar-refractivity contribution in [1.29, 1.82) is 0 Å². The van der Waals surface area contributed by atoms with Gasteiger partial charge in [-0.05, 0) is 26.0 Å². The number of nitrogens with two attached hydrogens (primary N) is 1. The summed E-state index contributed by atoms with van der Waals surface area (Å²) in [7, 11) is 0. The number of anilines is 1. The molecule has 0 fully saturated rings. The van der Waals surface area contributed by atoms with Crippen LogP contribution in [0.1, 0.15) is 12.5 Å².